The van der Waals surface area contributed by atoms with Gasteiger partial charge < -0.3 is 14.8 Å². The van der Waals surface area contributed by atoms with E-state index in [1.165, 1.54) is 28.8 Å². The Balaban J connectivity index is 2.12. The number of amidine groups is 1. The zero-order valence-electron chi connectivity index (χ0n) is 16.3. The molecule has 1 aliphatic heterocycles. The van der Waals surface area contributed by atoms with Gasteiger partial charge in [-0.1, -0.05) is 0 Å². The Hall–Kier alpha value is -3.33. The second-order valence-electron chi connectivity index (χ2n) is 6.52. The Morgan fingerprint density at radius 2 is 1.66 bits per heavy atom. The van der Waals surface area contributed by atoms with Gasteiger partial charge in [-0.05, 0) is 61.5 Å². The van der Waals surface area contributed by atoms with Gasteiger partial charge in [0.05, 0.1) is 16.0 Å². The van der Waals surface area contributed by atoms with E-state index in [4.69, 9.17) is 0 Å². The van der Waals surface area contributed by atoms with Crippen molar-refractivity contribution in [3.05, 3.63) is 57.2 Å². The Labute approximate surface area is 171 Å². The number of nitrogens with zero attached hydrogens (tertiary/aromatic N) is 3. The number of aryl methyl sites for hydroxylation is 1. The lowest BCUT2D eigenvalue weighted by atomic mass is 10.1. The molecule has 2 aromatic rings. The zero-order valence-corrected chi connectivity index (χ0v) is 17.1. The molecule has 1 aromatic carbocycles. The monoisotopic (exact) mass is 413 g/mol. The van der Waals surface area contributed by atoms with Crippen molar-refractivity contribution >= 4 is 40.9 Å². The molecular formula is C20H19N3O5S. The SMILES string of the molecule is CN=C1S/C(=C\c2cc(C)n(-c3cc(C(=O)O)cc(C(=O)O)c3)c2C)C(=O)N1C. The highest BCUT2D eigenvalue weighted by atomic mass is 32.2. The molecule has 0 spiro atoms. The Kier molecular flexibility index (Phi) is 5.34. The summed E-state index contributed by atoms with van der Waals surface area (Å²) >= 11 is 1.28. The summed E-state index contributed by atoms with van der Waals surface area (Å²) in [4.78, 5) is 41.3. The molecule has 0 aliphatic carbocycles. The van der Waals surface area contributed by atoms with Gasteiger partial charge in [-0.3, -0.25) is 14.7 Å². The number of aliphatic imine (C=N–C) groups is 1. The smallest absolute Gasteiger partial charge is 0.335 e. The van der Waals surface area contributed by atoms with Crippen LogP contribution in [0, 0.1) is 13.8 Å². The van der Waals surface area contributed by atoms with Crippen LogP contribution >= 0.6 is 11.8 Å². The van der Waals surface area contributed by atoms with E-state index in [0.717, 1.165) is 23.0 Å². The zero-order chi connectivity index (χ0) is 21.5. The minimum atomic E-state index is -1.21. The summed E-state index contributed by atoms with van der Waals surface area (Å²) in [6.07, 6.45) is 1.76. The molecular weight excluding hydrogens is 394 g/mol. The molecule has 0 radical (unpaired) electrons. The average molecular weight is 413 g/mol. The number of benzene rings is 1. The molecule has 1 aliphatic rings. The topological polar surface area (TPSA) is 112 Å². The maximum atomic E-state index is 12.4. The van der Waals surface area contributed by atoms with E-state index >= 15 is 0 Å². The maximum Gasteiger partial charge on any atom is 0.335 e. The van der Waals surface area contributed by atoms with Gasteiger partial charge in [0.2, 0.25) is 0 Å². The van der Waals surface area contributed by atoms with Gasteiger partial charge in [-0.2, -0.15) is 0 Å². The molecule has 8 nitrogen and oxygen atoms in total. The Bertz CT molecular complexity index is 1080. The number of aromatic carboxylic acids is 2. The first kappa shape index (κ1) is 20.4. The van der Waals surface area contributed by atoms with Crippen LogP contribution < -0.4 is 0 Å². The van der Waals surface area contributed by atoms with Crippen molar-refractivity contribution in [2.75, 3.05) is 14.1 Å². The standard InChI is InChI=1S/C20H19N3O5S/c1-10-5-12(9-16-17(24)22(4)20(21-3)29-16)11(2)23(10)15-7-13(18(25)26)6-14(8-15)19(27)28/h5-9H,1-4H3,(H,25,26)(H,27,28)/b16-9-,21-20?. The second-order valence-corrected chi connectivity index (χ2v) is 7.53. The average Bonchev–Trinajstić information content (AvgIpc) is 3.11. The van der Waals surface area contributed by atoms with E-state index in [9.17, 15) is 24.6 Å². The number of thioether (sulfide) groups is 1. The molecule has 1 aromatic heterocycles. The quantitative estimate of drug-likeness (QED) is 0.745. The minimum Gasteiger partial charge on any atom is -0.478 e. The predicted molar refractivity (Wildman–Crippen MR) is 111 cm³/mol. The molecule has 2 N–H and O–H groups in total. The van der Waals surface area contributed by atoms with Crippen LogP contribution in [0.25, 0.3) is 11.8 Å². The van der Waals surface area contributed by atoms with Crippen LogP contribution in [0.5, 0.6) is 0 Å². The summed E-state index contributed by atoms with van der Waals surface area (Å²) in [7, 11) is 3.28. The normalized spacial score (nSPS) is 16.8. The number of hydrogen-bond donors (Lipinski definition) is 2. The molecule has 29 heavy (non-hydrogen) atoms. The molecule has 2 heterocycles. The maximum absolute atomic E-state index is 12.4. The van der Waals surface area contributed by atoms with E-state index in [1.807, 2.05) is 19.9 Å². The van der Waals surface area contributed by atoms with Crippen LogP contribution in [-0.4, -0.2) is 56.8 Å². The van der Waals surface area contributed by atoms with Crippen LogP contribution in [-0.2, 0) is 4.79 Å². The van der Waals surface area contributed by atoms with Gasteiger partial charge in [-0.15, -0.1) is 0 Å². The van der Waals surface area contributed by atoms with Gasteiger partial charge >= 0.3 is 11.9 Å². The van der Waals surface area contributed by atoms with E-state index < -0.39 is 11.9 Å². The second kappa shape index (κ2) is 7.59. The predicted octanol–water partition coefficient (Wildman–Crippen LogP) is 3.02. The number of carboxylic acid groups (broad SMARTS) is 2. The lowest BCUT2D eigenvalue weighted by molar-refractivity contribution is -0.121. The Morgan fingerprint density at radius 1 is 1.07 bits per heavy atom. The third-order valence-corrected chi connectivity index (χ3v) is 5.77. The summed E-state index contributed by atoms with van der Waals surface area (Å²) in [5.74, 6) is -2.57. The lowest BCUT2D eigenvalue weighted by Gasteiger charge is -2.12. The molecule has 150 valence electrons. The molecule has 0 unspecified atom stereocenters. The van der Waals surface area contributed by atoms with Crippen LogP contribution in [0.1, 0.15) is 37.7 Å². The third kappa shape index (κ3) is 3.68. The van der Waals surface area contributed by atoms with Gasteiger partial charge in [0, 0.05) is 31.2 Å². The van der Waals surface area contributed by atoms with Gasteiger partial charge in [-0.25, -0.2) is 9.59 Å². The summed E-state index contributed by atoms with van der Waals surface area (Å²) in [5.41, 5.74) is 2.52. The molecule has 9 heteroatoms. The molecule has 1 fully saturated rings. The highest BCUT2D eigenvalue weighted by Gasteiger charge is 2.30. The van der Waals surface area contributed by atoms with E-state index in [0.29, 0.717) is 15.8 Å². The number of rotatable bonds is 4. The van der Waals surface area contributed by atoms with E-state index in [1.54, 1.807) is 24.7 Å². The van der Waals surface area contributed by atoms with Gasteiger partial charge in [0.25, 0.3) is 5.91 Å². The van der Waals surface area contributed by atoms with E-state index in [2.05, 4.69) is 4.99 Å². The van der Waals surface area contributed by atoms with E-state index in [-0.39, 0.29) is 17.0 Å². The molecule has 0 bridgehead atoms. The van der Waals surface area contributed by atoms with Gasteiger partial charge in [0.1, 0.15) is 0 Å². The number of carbonyl (C=O) groups excluding carboxylic acids is 1. The van der Waals surface area contributed by atoms with Gasteiger partial charge in [0.15, 0.2) is 5.17 Å². The van der Waals surface area contributed by atoms with Crippen molar-refractivity contribution in [1.29, 1.82) is 0 Å². The first-order valence-electron chi connectivity index (χ1n) is 8.59. The molecule has 1 amide bonds. The van der Waals surface area contributed by atoms with Crippen LogP contribution in [0.2, 0.25) is 0 Å². The van der Waals surface area contributed by atoms with Crippen molar-refractivity contribution < 1.29 is 24.6 Å². The highest BCUT2D eigenvalue weighted by Crippen LogP contribution is 2.33. The minimum absolute atomic E-state index is 0.112. The number of likely N-dealkylation sites (N-methyl/N-ethyl adjacent to an activating group) is 1. The largest absolute Gasteiger partial charge is 0.478 e. The molecule has 0 saturated carbocycles. The summed E-state index contributed by atoms with van der Waals surface area (Å²) in [6.45, 7) is 3.66. The number of aromatic nitrogens is 1. The lowest BCUT2D eigenvalue weighted by Crippen LogP contribution is -2.23. The fraction of sp³-hybridized carbons (Fsp3) is 0.200. The number of amides is 1. The van der Waals surface area contributed by atoms with Crippen LogP contribution in [0.4, 0.5) is 0 Å². The fourth-order valence-corrected chi connectivity index (χ4v) is 4.13. The molecule has 0 atom stereocenters. The van der Waals surface area contributed by atoms with Crippen molar-refractivity contribution in [1.82, 2.24) is 9.47 Å². The number of hydrogen-bond acceptors (Lipinski definition) is 5. The molecule has 1 saturated heterocycles. The van der Waals surface area contributed by atoms with Crippen molar-refractivity contribution in [2.45, 2.75) is 13.8 Å². The summed E-state index contributed by atoms with van der Waals surface area (Å²) < 4.78 is 1.77. The van der Waals surface area contributed by atoms with Crippen LogP contribution in [0.15, 0.2) is 34.2 Å². The Morgan fingerprint density at radius 3 is 2.14 bits per heavy atom. The number of carbonyl (C=O) groups is 3. The fourth-order valence-electron chi connectivity index (χ4n) is 3.21. The van der Waals surface area contributed by atoms with Crippen LogP contribution in [0.3, 0.4) is 0 Å². The van der Waals surface area contributed by atoms with Crippen molar-refractivity contribution in [3.8, 4) is 5.69 Å². The highest BCUT2D eigenvalue weighted by molar-refractivity contribution is 8.18. The van der Waals surface area contributed by atoms with Crippen molar-refractivity contribution in [2.24, 2.45) is 4.99 Å². The first-order valence-corrected chi connectivity index (χ1v) is 9.41. The summed E-state index contributed by atoms with van der Waals surface area (Å²) in [6, 6.07) is 5.85. The van der Waals surface area contributed by atoms with Crippen molar-refractivity contribution in [3.63, 3.8) is 0 Å². The number of carboxylic acids is 2. The third-order valence-electron chi connectivity index (χ3n) is 4.62. The first-order chi connectivity index (χ1) is 13.6. The summed E-state index contributed by atoms with van der Waals surface area (Å²) in [5, 5.41) is 19.3. The molecule has 3 rings (SSSR count).